The number of benzene rings is 4. The standard InChI is InChI=1S/C36H31Cl2F3N2O6/c1-3-46-30-11-7-5-9-24(30)35(42(32(44)20-48-35)18-22-13-14-26(37)29(41)17-22)36(25-10-6-8-12-31(25)47-4-2)43(33(45)21-49-36)19-23-27(39)15-16-28(40)34(23)38/h5-17H,3-4,18-21H2,1-2H3. The molecule has 4 aromatic rings. The Kier molecular flexibility index (Phi) is 9.81. The third-order valence-corrected chi connectivity index (χ3v) is 9.23. The van der Waals surface area contributed by atoms with Gasteiger partial charge >= 0.3 is 0 Å². The lowest BCUT2D eigenvalue weighted by Gasteiger charge is -2.52. The van der Waals surface area contributed by atoms with Gasteiger partial charge in [0.25, 0.3) is 11.8 Å². The smallest absolute Gasteiger partial charge is 0.251 e. The number of rotatable bonds is 11. The van der Waals surface area contributed by atoms with Crippen molar-refractivity contribution in [2.75, 3.05) is 26.4 Å². The number of hydrogen-bond donors (Lipinski definition) is 0. The Morgan fingerprint density at radius 3 is 1.73 bits per heavy atom. The van der Waals surface area contributed by atoms with Crippen LogP contribution in [-0.2, 0) is 43.6 Å². The highest BCUT2D eigenvalue weighted by Gasteiger charge is 2.71. The molecule has 6 rings (SSSR count). The van der Waals surface area contributed by atoms with Crippen LogP contribution in [-0.4, -0.2) is 48.0 Å². The summed E-state index contributed by atoms with van der Waals surface area (Å²) in [7, 11) is 0. The second-order valence-electron chi connectivity index (χ2n) is 11.3. The second kappa shape index (κ2) is 13.9. The zero-order valence-electron chi connectivity index (χ0n) is 26.5. The maximum atomic E-state index is 15.5. The van der Waals surface area contributed by atoms with E-state index in [-0.39, 0.29) is 53.0 Å². The summed E-state index contributed by atoms with van der Waals surface area (Å²) < 4.78 is 70.6. The van der Waals surface area contributed by atoms with Crippen molar-refractivity contribution >= 4 is 35.0 Å². The summed E-state index contributed by atoms with van der Waals surface area (Å²) in [6.45, 7) is 2.01. The Bertz CT molecular complexity index is 1910. The van der Waals surface area contributed by atoms with Crippen LogP contribution < -0.4 is 9.47 Å². The van der Waals surface area contributed by atoms with E-state index in [0.29, 0.717) is 5.56 Å². The highest BCUT2D eigenvalue weighted by Crippen LogP contribution is 2.59. The first-order valence-corrected chi connectivity index (χ1v) is 16.2. The molecule has 0 aliphatic carbocycles. The molecule has 0 saturated carbocycles. The molecule has 2 unspecified atom stereocenters. The van der Waals surface area contributed by atoms with Gasteiger partial charge in [-0.2, -0.15) is 0 Å². The molecule has 13 heteroatoms. The summed E-state index contributed by atoms with van der Waals surface area (Å²) in [6, 6.07) is 19.3. The van der Waals surface area contributed by atoms with Crippen molar-refractivity contribution in [3.05, 3.63) is 129 Å². The minimum absolute atomic E-state index is 0.118. The molecule has 0 bridgehead atoms. The number of amides is 2. The lowest BCUT2D eigenvalue weighted by molar-refractivity contribution is -0.286. The zero-order valence-corrected chi connectivity index (χ0v) is 28.0. The van der Waals surface area contributed by atoms with Crippen molar-refractivity contribution in [2.24, 2.45) is 0 Å². The first kappa shape index (κ1) is 34.6. The molecule has 0 aromatic heterocycles. The van der Waals surface area contributed by atoms with Gasteiger partial charge in [0.1, 0.15) is 42.2 Å². The van der Waals surface area contributed by atoms with Crippen LogP contribution in [0.4, 0.5) is 13.2 Å². The van der Waals surface area contributed by atoms with Crippen LogP contribution in [0.5, 0.6) is 11.5 Å². The van der Waals surface area contributed by atoms with Crippen LogP contribution in [0, 0.1) is 17.5 Å². The maximum Gasteiger partial charge on any atom is 0.251 e. The van der Waals surface area contributed by atoms with Crippen molar-refractivity contribution in [1.29, 1.82) is 0 Å². The van der Waals surface area contributed by atoms with E-state index in [9.17, 15) is 18.4 Å². The number of para-hydroxylation sites is 2. The van der Waals surface area contributed by atoms with Crippen molar-refractivity contribution in [2.45, 2.75) is 38.4 Å². The molecule has 4 aromatic carbocycles. The molecule has 2 aliphatic rings. The summed E-state index contributed by atoms with van der Waals surface area (Å²) in [5.74, 6) is -3.16. The van der Waals surface area contributed by atoms with Gasteiger partial charge in [-0.1, -0.05) is 65.7 Å². The largest absolute Gasteiger partial charge is 0.493 e. The molecular weight excluding hydrogens is 684 g/mol. The van der Waals surface area contributed by atoms with Gasteiger partial charge in [-0.25, -0.2) is 13.2 Å². The van der Waals surface area contributed by atoms with Gasteiger partial charge in [0.2, 0.25) is 11.4 Å². The predicted octanol–water partition coefficient (Wildman–Crippen LogP) is 7.33. The Hall–Kier alpha value is -4.29. The molecule has 0 radical (unpaired) electrons. The topological polar surface area (TPSA) is 77.5 Å². The molecule has 2 amide bonds. The monoisotopic (exact) mass is 714 g/mol. The molecule has 2 aliphatic heterocycles. The van der Waals surface area contributed by atoms with Crippen LogP contribution in [0.1, 0.15) is 36.1 Å². The highest BCUT2D eigenvalue weighted by atomic mass is 35.5. The summed E-state index contributed by atoms with van der Waals surface area (Å²) >= 11 is 12.3. The lowest BCUT2D eigenvalue weighted by atomic mass is 9.81. The summed E-state index contributed by atoms with van der Waals surface area (Å²) in [5, 5.41) is -0.653. The lowest BCUT2D eigenvalue weighted by Crippen LogP contribution is -2.65. The van der Waals surface area contributed by atoms with Gasteiger partial charge in [-0.3, -0.25) is 19.4 Å². The van der Waals surface area contributed by atoms with Gasteiger partial charge in [-0.15, -0.1) is 0 Å². The van der Waals surface area contributed by atoms with Gasteiger partial charge < -0.3 is 18.9 Å². The maximum absolute atomic E-state index is 15.5. The highest BCUT2D eigenvalue weighted by molar-refractivity contribution is 6.31. The van der Waals surface area contributed by atoms with Gasteiger partial charge in [0.15, 0.2) is 0 Å². The van der Waals surface area contributed by atoms with Gasteiger partial charge in [0, 0.05) is 12.1 Å². The third-order valence-electron chi connectivity index (χ3n) is 8.51. The predicted molar refractivity (Wildman–Crippen MR) is 174 cm³/mol. The SMILES string of the molecule is CCOc1ccccc1C1(C2(c3ccccc3OCC)OCC(=O)N2Cc2c(F)ccc(F)c2Cl)OCC(=O)N1Cc1ccc(Cl)c(F)c1. The number of nitrogens with zero attached hydrogens (tertiary/aromatic N) is 2. The minimum Gasteiger partial charge on any atom is -0.493 e. The third kappa shape index (κ3) is 5.78. The number of carbonyl (C=O) groups excluding carboxylic acids is 2. The van der Waals surface area contributed by atoms with Crippen LogP contribution in [0.3, 0.4) is 0 Å². The van der Waals surface area contributed by atoms with Crippen LogP contribution in [0.2, 0.25) is 10.0 Å². The Morgan fingerprint density at radius 1 is 0.694 bits per heavy atom. The van der Waals surface area contributed by atoms with Crippen molar-refractivity contribution < 1.29 is 41.7 Å². The van der Waals surface area contributed by atoms with E-state index in [4.69, 9.17) is 42.1 Å². The van der Waals surface area contributed by atoms with E-state index in [1.165, 1.54) is 21.9 Å². The second-order valence-corrected chi connectivity index (χ2v) is 12.0. The number of hydrogen-bond acceptors (Lipinski definition) is 6. The van der Waals surface area contributed by atoms with Crippen LogP contribution in [0.15, 0.2) is 78.9 Å². The Morgan fingerprint density at radius 2 is 1.20 bits per heavy atom. The molecular formula is C36H31Cl2F3N2O6. The van der Waals surface area contributed by atoms with E-state index in [2.05, 4.69) is 0 Å². The molecule has 49 heavy (non-hydrogen) atoms. The van der Waals surface area contributed by atoms with Crippen molar-refractivity contribution in [1.82, 2.24) is 9.80 Å². The van der Waals surface area contributed by atoms with E-state index in [1.54, 1.807) is 68.4 Å². The van der Waals surface area contributed by atoms with E-state index >= 15 is 4.39 Å². The summed E-state index contributed by atoms with van der Waals surface area (Å²) in [6.07, 6.45) is 0. The average molecular weight is 716 g/mol. The molecule has 0 spiro atoms. The first-order valence-electron chi connectivity index (χ1n) is 15.5. The van der Waals surface area contributed by atoms with Crippen LogP contribution >= 0.6 is 23.2 Å². The summed E-state index contributed by atoms with van der Waals surface area (Å²) in [4.78, 5) is 30.8. The molecule has 2 fully saturated rings. The number of ether oxygens (including phenoxy) is 4. The van der Waals surface area contributed by atoms with Crippen molar-refractivity contribution in [3.63, 3.8) is 0 Å². The zero-order chi connectivity index (χ0) is 34.9. The summed E-state index contributed by atoms with van der Waals surface area (Å²) in [5.41, 5.74) is -3.79. The molecule has 8 nitrogen and oxygen atoms in total. The Balaban J connectivity index is 1.72. The van der Waals surface area contributed by atoms with Crippen molar-refractivity contribution in [3.8, 4) is 11.5 Å². The van der Waals surface area contributed by atoms with Gasteiger partial charge in [0.05, 0.1) is 40.9 Å². The molecule has 256 valence electrons. The fraction of sp³-hybridized carbons (Fsp3) is 0.278. The van der Waals surface area contributed by atoms with E-state index in [1.807, 2.05) is 0 Å². The normalized spacial score (nSPS) is 20.7. The number of halogens is 5. The number of carbonyl (C=O) groups is 2. The fourth-order valence-corrected chi connectivity index (χ4v) is 6.85. The van der Waals surface area contributed by atoms with E-state index in [0.717, 1.165) is 12.1 Å². The Labute approximate surface area is 290 Å². The van der Waals surface area contributed by atoms with Gasteiger partial charge in [-0.05, 0) is 55.8 Å². The quantitative estimate of drug-likeness (QED) is 0.152. The fourth-order valence-electron chi connectivity index (χ4n) is 6.52. The average Bonchev–Trinajstić information content (AvgIpc) is 3.60. The molecule has 2 atom stereocenters. The first-order chi connectivity index (χ1) is 23.6. The molecule has 0 N–H and O–H groups in total. The van der Waals surface area contributed by atoms with Crippen LogP contribution in [0.25, 0.3) is 0 Å². The molecule has 2 saturated heterocycles. The minimum atomic E-state index is -2.16. The van der Waals surface area contributed by atoms with E-state index < -0.39 is 65.5 Å². The molecule has 2 heterocycles.